The minimum absolute atomic E-state index is 0.00964. The molecule has 0 aliphatic carbocycles. The normalized spacial score (nSPS) is 11.2. The van der Waals surface area contributed by atoms with Gasteiger partial charge in [-0.15, -0.1) is 0 Å². The highest BCUT2D eigenvalue weighted by Crippen LogP contribution is 2.31. The summed E-state index contributed by atoms with van der Waals surface area (Å²) in [5.74, 6) is -1.33. The third kappa shape index (κ3) is 2.87. The molecule has 0 unspecified atom stereocenters. The van der Waals surface area contributed by atoms with Crippen molar-refractivity contribution in [2.75, 3.05) is 5.32 Å². The zero-order chi connectivity index (χ0) is 17.4. The fourth-order valence-electron chi connectivity index (χ4n) is 2.39. The number of halogens is 2. The lowest BCUT2D eigenvalue weighted by Gasteiger charge is -2.10. The van der Waals surface area contributed by atoms with Gasteiger partial charge in [-0.05, 0) is 42.8 Å². The third-order valence-electron chi connectivity index (χ3n) is 3.73. The first-order valence-electron chi connectivity index (χ1n) is 7.62. The number of carbonyl (C=O) groups is 1. The second-order valence-electron chi connectivity index (χ2n) is 6.01. The first-order valence-corrected chi connectivity index (χ1v) is 7.62. The largest absolute Gasteiger partial charge is 0.310 e. The summed E-state index contributed by atoms with van der Waals surface area (Å²) >= 11 is 0. The van der Waals surface area contributed by atoms with E-state index in [2.05, 4.69) is 10.3 Å². The number of imidazole rings is 1. The van der Waals surface area contributed by atoms with Crippen LogP contribution < -0.4 is 5.32 Å². The van der Waals surface area contributed by atoms with Crippen LogP contribution in [0.4, 0.5) is 14.6 Å². The lowest BCUT2D eigenvalue weighted by Crippen LogP contribution is -2.19. The van der Waals surface area contributed by atoms with Gasteiger partial charge in [0.1, 0.15) is 28.8 Å². The summed E-state index contributed by atoms with van der Waals surface area (Å²) in [6, 6.07) is 6.84. The molecule has 1 amide bonds. The molecule has 0 bridgehead atoms. The molecule has 0 aliphatic rings. The Balaban J connectivity index is 2.25. The number of benzene rings is 1. The number of amides is 1. The van der Waals surface area contributed by atoms with Gasteiger partial charge in [-0.3, -0.25) is 9.20 Å². The molecule has 1 N–H and O–H groups in total. The Bertz CT molecular complexity index is 931. The van der Waals surface area contributed by atoms with Gasteiger partial charge in [0.2, 0.25) is 5.91 Å². The van der Waals surface area contributed by atoms with Gasteiger partial charge in [0.25, 0.3) is 0 Å². The van der Waals surface area contributed by atoms with Crippen LogP contribution >= 0.6 is 0 Å². The molecule has 0 radical (unpaired) electrons. The summed E-state index contributed by atoms with van der Waals surface area (Å²) in [5, 5.41) is 2.77. The number of hydrogen-bond donors (Lipinski definition) is 1. The highest BCUT2D eigenvalue weighted by atomic mass is 19.1. The zero-order valence-corrected chi connectivity index (χ0v) is 13.6. The van der Waals surface area contributed by atoms with Crippen LogP contribution in [0.25, 0.3) is 16.9 Å². The van der Waals surface area contributed by atoms with Gasteiger partial charge in [0.15, 0.2) is 0 Å². The molecule has 24 heavy (non-hydrogen) atoms. The van der Waals surface area contributed by atoms with E-state index >= 15 is 0 Å². The summed E-state index contributed by atoms with van der Waals surface area (Å²) in [4.78, 5) is 16.5. The maximum Gasteiger partial charge on any atom is 0.228 e. The van der Waals surface area contributed by atoms with Crippen molar-refractivity contribution in [3.05, 3.63) is 53.7 Å². The lowest BCUT2D eigenvalue weighted by atomic mass is 10.1. The number of pyridine rings is 1. The maximum atomic E-state index is 14.2. The van der Waals surface area contributed by atoms with Crippen molar-refractivity contribution >= 4 is 17.4 Å². The molecule has 1 aromatic carbocycles. The van der Waals surface area contributed by atoms with Crippen molar-refractivity contribution in [1.29, 1.82) is 0 Å². The lowest BCUT2D eigenvalue weighted by molar-refractivity contribution is -0.118. The molecule has 0 aliphatic heterocycles. The molecule has 2 aromatic heterocycles. The van der Waals surface area contributed by atoms with Gasteiger partial charge in [-0.2, -0.15) is 0 Å². The fourth-order valence-corrected chi connectivity index (χ4v) is 2.39. The zero-order valence-electron chi connectivity index (χ0n) is 13.6. The van der Waals surface area contributed by atoms with E-state index in [1.807, 2.05) is 19.1 Å². The Morgan fingerprint density at radius 3 is 2.67 bits per heavy atom. The fraction of sp³-hybridized carbons (Fsp3) is 0.222. The van der Waals surface area contributed by atoms with E-state index in [-0.39, 0.29) is 23.1 Å². The Morgan fingerprint density at radius 1 is 1.21 bits per heavy atom. The van der Waals surface area contributed by atoms with E-state index in [0.717, 1.165) is 23.8 Å². The third-order valence-corrected chi connectivity index (χ3v) is 3.73. The van der Waals surface area contributed by atoms with Crippen LogP contribution in [0.1, 0.15) is 19.4 Å². The quantitative estimate of drug-likeness (QED) is 0.783. The van der Waals surface area contributed by atoms with Crippen molar-refractivity contribution in [3.63, 3.8) is 0 Å². The van der Waals surface area contributed by atoms with Gasteiger partial charge < -0.3 is 5.32 Å². The average Bonchev–Trinajstić information content (AvgIpc) is 2.87. The molecule has 0 saturated carbocycles. The molecule has 4 nitrogen and oxygen atoms in total. The highest BCUT2D eigenvalue weighted by Gasteiger charge is 2.20. The van der Waals surface area contributed by atoms with Crippen LogP contribution in [0.3, 0.4) is 0 Å². The Kier molecular flexibility index (Phi) is 4.05. The van der Waals surface area contributed by atoms with Crippen LogP contribution in [0.5, 0.6) is 0 Å². The first-order chi connectivity index (χ1) is 11.4. The summed E-state index contributed by atoms with van der Waals surface area (Å²) in [5.41, 5.74) is 1.73. The van der Waals surface area contributed by atoms with E-state index in [4.69, 9.17) is 0 Å². The number of aryl methyl sites for hydroxylation is 1. The van der Waals surface area contributed by atoms with Gasteiger partial charge in [-0.1, -0.05) is 13.8 Å². The van der Waals surface area contributed by atoms with Gasteiger partial charge >= 0.3 is 0 Å². The Morgan fingerprint density at radius 2 is 1.96 bits per heavy atom. The van der Waals surface area contributed by atoms with Crippen LogP contribution in [0, 0.1) is 24.5 Å². The molecule has 2 heterocycles. The maximum absolute atomic E-state index is 14.2. The second-order valence-corrected chi connectivity index (χ2v) is 6.01. The van der Waals surface area contributed by atoms with E-state index in [0.29, 0.717) is 11.5 Å². The van der Waals surface area contributed by atoms with Crippen LogP contribution in [-0.4, -0.2) is 15.3 Å². The predicted octanol–water partition coefficient (Wildman–Crippen LogP) is 4.18. The Hall–Kier alpha value is -2.76. The van der Waals surface area contributed by atoms with Crippen LogP contribution in [0.2, 0.25) is 0 Å². The number of nitrogens with zero attached hydrogens (tertiary/aromatic N) is 2. The van der Waals surface area contributed by atoms with E-state index in [1.165, 1.54) is 0 Å². The monoisotopic (exact) mass is 329 g/mol. The van der Waals surface area contributed by atoms with Crippen molar-refractivity contribution in [1.82, 2.24) is 9.38 Å². The van der Waals surface area contributed by atoms with Gasteiger partial charge in [0.05, 0.1) is 0 Å². The van der Waals surface area contributed by atoms with E-state index in [1.54, 1.807) is 24.4 Å². The SMILES string of the molecule is Cc1ccn2c(NC(=O)C(C)C)c(-c3cc(F)ccc3F)nc2c1. The van der Waals surface area contributed by atoms with Gasteiger partial charge in [0, 0.05) is 17.7 Å². The number of hydrogen-bond acceptors (Lipinski definition) is 2. The topological polar surface area (TPSA) is 46.4 Å². The predicted molar refractivity (Wildman–Crippen MR) is 88.7 cm³/mol. The molecular weight excluding hydrogens is 312 g/mol. The molecule has 124 valence electrons. The number of nitrogens with one attached hydrogen (secondary N) is 1. The van der Waals surface area contributed by atoms with Crippen molar-refractivity contribution in [2.24, 2.45) is 5.92 Å². The molecule has 0 saturated heterocycles. The van der Waals surface area contributed by atoms with E-state index in [9.17, 15) is 13.6 Å². The van der Waals surface area contributed by atoms with Gasteiger partial charge in [-0.25, -0.2) is 13.8 Å². The molecule has 0 atom stereocenters. The number of anilines is 1. The number of carbonyl (C=O) groups excluding carboxylic acids is 1. The summed E-state index contributed by atoms with van der Waals surface area (Å²) < 4.78 is 29.5. The summed E-state index contributed by atoms with van der Waals surface area (Å²) in [6.45, 7) is 5.42. The Labute approximate surface area is 138 Å². The number of fused-ring (bicyclic) bond motifs is 1. The van der Waals surface area contributed by atoms with Crippen molar-refractivity contribution < 1.29 is 13.6 Å². The molecule has 0 spiro atoms. The smallest absolute Gasteiger partial charge is 0.228 e. The summed E-state index contributed by atoms with van der Waals surface area (Å²) in [6.07, 6.45) is 1.74. The van der Waals surface area contributed by atoms with Crippen molar-refractivity contribution in [3.8, 4) is 11.3 Å². The van der Waals surface area contributed by atoms with Crippen molar-refractivity contribution in [2.45, 2.75) is 20.8 Å². The highest BCUT2D eigenvalue weighted by molar-refractivity contribution is 5.95. The minimum Gasteiger partial charge on any atom is -0.310 e. The minimum atomic E-state index is -0.600. The molecule has 3 aromatic rings. The van der Waals surface area contributed by atoms with Crippen LogP contribution in [-0.2, 0) is 4.79 Å². The first kappa shape index (κ1) is 16.1. The average molecular weight is 329 g/mol. The number of aromatic nitrogens is 2. The van der Waals surface area contributed by atoms with E-state index < -0.39 is 11.6 Å². The standard InChI is InChI=1S/C18H17F2N3O/c1-10(2)18(24)22-17-16(13-9-12(19)4-5-14(13)20)21-15-8-11(3)6-7-23(15)17/h4-10H,1-3H3,(H,22,24). The molecule has 6 heteroatoms. The molecular formula is C18H17F2N3O. The number of rotatable bonds is 3. The van der Waals surface area contributed by atoms with Crippen LogP contribution in [0.15, 0.2) is 36.5 Å². The molecule has 0 fully saturated rings. The summed E-state index contributed by atoms with van der Waals surface area (Å²) in [7, 11) is 0. The second kappa shape index (κ2) is 6.03. The molecule has 3 rings (SSSR count).